The summed E-state index contributed by atoms with van der Waals surface area (Å²) in [6.07, 6.45) is 4.35. The fourth-order valence-corrected chi connectivity index (χ4v) is 1.43. The summed E-state index contributed by atoms with van der Waals surface area (Å²) >= 11 is 5.56. The first kappa shape index (κ1) is 12.6. The Morgan fingerprint density at radius 1 is 1.19 bits per heavy atom. The topological polar surface area (TPSA) is 35.5 Å². The van der Waals surface area contributed by atoms with Crippen molar-refractivity contribution in [2.45, 2.75) is 0 Å². The Balaban J connectivity index is 3.25. The minimum Gasteiger partial charge on any atom is -0.496 e. The van der Waals surface area contributed by atoms with Gasteiger partial charge in [-0.15, -0.1) is 11.6 Å². The zero-order valence-corrected chi connectivity index (χ0v) is 9.95. The summed E-state index contributed by atoms with van der Waals surface area (Å²) in [6, 6.07) is 3.38. The third-order valence-electron chi connectivity index (χ3n) is 2.10. The molecule has 0 saturated carbocycles. The van der Waals surface area contributed by atoms with E-state index in [-0.39, 0.29) is 0 Å². The van der Waals surface area contributed by atoms with E-state index >= 15 is 0 Å². The fourth-order valence-electron chi connectivity index (χ4n) is 1.34. The molecule has 0 fully saturated rings. The van der Waals surface area contributed by atoms with E-state index in [4.69, 9.17) is 21.1 Å². The van der Waals surface area contributed by atoms with E-state index in [0.717, 1.165) is 11.8 Å². The molecule has 3 nitrogen and oxygen atoms in total. The molecule has 0 aliphatic rings. The van der Waals surface area contributed by atoms with Gasteiger partial charge < -0.3 is 9.47 Å². The SMILES string of the molecule is COc1cc(C=CCCl)c(OC)cc1C=O. The molecule has 4 heteroatoms. The van der Waals surface area contributed by atoms with Gasteiger partial charge >= 0.3 is 0 Å². The van der Waals surface area contributed by atoms with E-state index in [1.54, 1.807) is 25.3 Å². The number of hydrogen-bond donors (Lipinski definition) is 0. The molecule has 0 aliphatic heterocycles. The minimum absolute atomic E-state index is 0.418. The van der Waals surface area contributed by atoms with Gasteiger partial charge in [0.15, 0.2) is 6.29 Å². The maximum absolute atomic E-state index is 10.8. The van der Waals surface area contributed by atoms with Crippen LogP contribution >= 0.6 is 11.6 Å². The molecule has 1 aromatic rings. The number of rotatable bonds is 5. The van der Waals surface area contributed by atoms with E-state index in [1.165, 1.54) is 7.11 Å². The monoisotopic (exact) mass is 240 g/mol. The number of allylic oxidation sites excluding steroid dienone is 1. The predicted octanol–water partition coefficient (Wildman–Crippen LogP) is 2.77. The van der Waals surface area contributed by atoms with Gasteiger partial charge in [-0.2, -0.15) is 0 Å². The number of aldehydes is 1. The molecule has 0 amide bonds. The Hall–Kier alpha value is -1.48. The van der Waals surface area contributed by atoms with Gasteiger partial charge in [0, 0.05) is 11.4 Å². The minimum atomic E-state index is 0.418. The second kappa shape index (κ2) is 6.18. The van der Waals surface area contributed by atoms with Crippen LogP contribution < -0.4 is 9.47 Å². The molecule has 0 radical (unpaired) electrons. The van der Waals surface area contributed by atoms with E-state index in [9.17, 15) is 4.79 Å². The molecule has 1 rings (SSSR count). The highest BCUT2D eigenvalue weighted by Crippen LogP contribution is 2.28. The molecule has 0 saturated heterocycles. The van der Waals surface area contributed by atoms with Crippen molar-refractivity contribution in [1.82, 2.24) is 0 Å². The van der Waals surface area contributed by atoms with Crippen LogP contribution in [0.25, 0.3) is 6.08 Å². The van der Waals surface area contributed by atoms with Crippen LogP contribution in [0.2, 0.25) is 0 Å². The van der Waals surface area contributed by atoms with Gasteiger partial charge in [0.05, 0.1) is 19.8 Å². The average molecular weight is 241 g/mol. The molecular weight excluding hydrogens is 228 g/mol. The number of halogens is 1. The van der Waals surface area contributed by atoms with Gasteiger partial charge in [-0.05, 0) is 12.1 Å². The quantitative estimate of drug-likeness (QED) is 0.587. The molecule has 0 N–H and O–H groups in total. The van der Waals surface area contributed by atoms with Gasteiger partial charge in [0.1, 0.15) is 11.5 Å². The Bertz CT molecular complexity index is 399. The molecule has 86 valence electrons. The number of ether oxygens (including phenoxy) is 2. The molecular formula is C12H13ClO3. The second-order valence-corrected chi connectivity index (χ2v) is 3.32. The lowest BCUT2D eigenvalue weighted by atomic mass is 10.1. The van der Waals surface area contributed by atoms with Crippen LogP contribution in [0, 0.1) is 0 Å². The van der Waals surface area contributed by atoms with Gasteiger partial charge in [0.25, 0.3) is 0 Å². The number of benzene rings is 1. The van der Waals surface area contributed by atoms with Gasteiger partial charge in [-0.25, -0.2) is 0 Å². The lowest BCUT2D eigenvalue weighted by Gasteiger charge is -2.09. The van der Waals surface area contributed by atoms with Crippen LogP contribution in [0.15, 0.2) is 18.2 Å². The van der Waals surface area contributed by atoms with Crippen molar-refractivity contribution < 1.29 is 14.3 Å². The summed E-state index contributed by atoms with van der Waals surface area (Å²) in [5.41, 5.74) is 1.29. The van der Waals surface area contributed by atoms with Crippen molar-refractivity contribution in [1.29, 1.82) is 0 Å². The van der Waals surface area contributed by atoms with Gasteiger partial charge in [0.2, 0.25) is 0 Å². The molecule has 0 unspecified atom stereocenters. The molecule has 0 spiro atoms. The lowest BCUT2D eigenvalue weighted by Crippen LogP contribution is -1.95. The Labute approximate surface area is 99.6 Å². The van der Waals surface area contributed by atoms with Gasteiger partial charge in [-0.1, -0.05) is 12.2 Å². The maximum Gasteiger partial charge on any atom is 0.153 e. The van der Waals surface area contributed by atoms with Crippen LogP contribution in [0.3, 0.4) is 0 Å². The maximum atomic E-state index is 10.8. The number of carbonyl (C=O) groups is 1. The lowest BCUT2D eigenvalue weighted by molar-refractivity contribution is 0.112. The molecule has 0 aromatic heterocycles. The van der Waals surface area contributed by atoms with Crippen molar-refractivity contribution in [3.8, 4) is 11.5 Å². The van der Waals surface area contributed by atoms with Crippen molar-refractivity contribution in [3.63, 3.8) is 0 Å². The van der Waals surface area contributed by atoms with Crippen molar-refractivity contribution in [2.75, 3.05) is 20.1 Å². The summed E-state index contributed by atoms with van der Waals surface area (Å²) in [4.78, 5) is 10.8. The van der Waals surface area contributed by atoms with E-state index in [0.29, 0.717) is 22.9 Å². The Morgan fingerprint density at radius 2 is 1.75 bits per heavy atom. The van der Waals surface area contributed by atoms with Crippen molar-refractivity contribution in [2.24, 2.45) is 0 Å². The third kappa shape index (κ3) is 2.76. The number of alkyl halides is 1. The molecule has 0 bridgehead atoms. The predicted molar refractivity (Wildman–Crippen MR) is 64.7 cm³/mol. The Morgan fingerprint density at radius 3 is 2.25 bits per heavy atom. The van der Waals surface area contributed by atoms with Crippen LogP contribution in [0.4, 0.5) is 0 Å². The van der Waals surface area contributed by atoms with Crippen LogP contribution in [0.1, 0.15) is 15.9 Å². The van der Waals surface area contributed by atoms with E-state index < -0.39 is 0 Å². The summed E-state index contributed by atoms with van der Waals surface area (Å²) in [5, 5.41) is 0. The molecule has 0 heterocycles. The summed E-state index contributed by atoms with van der Waals surface area (Å²) in [5.74, 6) is 1.55. The highest BCUT2D eigenvalue weighted by Gasteiger charge is 2.08. The average Bonchev–Trinajstić information content (AvgIpc) is 2.35. The first-order chi connectivity index (χ1) is 7.76. The summed E-state index contributed by atoms with van der Waals surface area (Å²) < 4.78 is 10.3. The number of carbonyl (C=O) groups excluding carboxylic acids is 1. The number of hydrogen-bond acceptors (Lipinski definition) is 3. The van der Waals surface area contributed by atoms with Crippen LogP contribution in [-0.2, 0) is 0 Å². The first-order valence-electron chi connectivity index (χ1n) is 4.70. The molecule has 1 aromatic carbocycles. The molecule has 0 aliphatic carbocycles. The zero-order chi connectivity index (χ0) is 12.0. The second-order valence-electron chi connectivity index (χ2n) is 3.01. The highest BCUT2D eigenvalue weighted by atomic mass is 35.5. The molecule has 16 heavy (non-hydrogen) atoms. The largest absolute Gasteiger partial charge is 0.496 e. The van der Waals surface area contributed by atoms with Crippen molar-refractivity contribution >= 4 is 24.0 Å². The standard InChI is InChI=1S/C12H13ClO3/c1-15-11-7-10(8-14)12(16-2)6-9(11)4-3-5-13/h3-4,6-8H,5H2,1-2H3. The zero-order valence-electron chi connectivity index (χ0n) is 9.20. The smallest absolute Gasteiger partial charge is 0.153 e. The molecule has 0 atom stereocenters. The first-order valence-corrected chi connectivity index (χ1v) is 5.24. The van der Waals surface area contributed by atoms with Crippen molar-refractivity contribution in [3.05, 3.63) is 29.3 Å². The highest BCUT2D eigenvalue weighted by molar-refractivity contribution is 6.19. The van der Waals surface area contributed by atoms with E-state index in [2.05, 4.69) is 0 Å². The third-order valence-corrected chi connectivity index (χ3v) is 2.27. The van der Waals surface area contributed by atoms with Crippen LogP contribution in [-0.4, -0.2) is 26.4 Å². The summed E-state index contributed by atoms with van der Waals surface area (Å²) in [7, 11) is 3.07. The van der Waals surface area contributed by atoms with E-state index in [1.807, 2.05) is 6.08 Å². The normalized spacial score (nSPS) is 10.4. The number of methoxy groups -OCH3 is 2. The Kier molecular flexibility index (Phi) is 4.86. The summed E-state index contributed by atoms with van der Waals surface area (Å²) in [6.45, 7) is 0. The van der Waals surface area contributed by atoms with Crippen LogP contribution in [0.5, 0.6) is 11.5 Å². The van der Waals surface area contributed by atoms with Gasteiger partial charge in [-0.3, -0.25) is 4.79 Å². The fraction of sp³-hybridized carbons (Fsp3) is 0.250.